The van der Waals surface area contributed by atoms with Gasteiger partial charge in [-0.1, -0.05) is 20.8 Å². The largest absolute Gasteiger partial charge is 0.543 e. The molecular formula is C23H32O3Si. The molecule has 27 heavy (non-hydrogen) atoms. The van der Waals surface area contributed by atoms with E-state index in [2.05, 4.69) is 59.0 Å². The first kappa shape index (κ1) is 19.8. The topological polar surface area (TPSA) is 38.7 Å². The van der Waals surface area contributed by atoms with E-state index in [1.807, 2.05) is 26.8 Å². The Bertz CT molecular complexity index is 905. The molecule has 3 nitrogen and oxygen atoms in total. The predicted octanol–water partition coefficient (Wildman–Crippen LogP) is 6.69. The van der Waals surface area contributed by atoms with Gasteiger partial charge in [-0.3, -0.25) is 0 Å². The Morgan fingerprint density at radius 2 is 1.56 bits per heavy atom. The molecule has 0 radical (unpaired) electrons. The Labute approximate surface area is 164 Å². The van der Waals surface area contributed by atoms with Crippen molar-refractivity contribution < 1.29 is 14.3 Å². The van der Waals surface area contributed by atoms with E-state index < -0.39 is 13.9 Å². The van der Waals surface area contributed by atoms with Crippen molar-refractivity contribution in [3.63, 3.8) is 0 Å². The highest BCUT2D eigenvalue weighted by Gasteiger charge is 2.40. The van der Waals surface area contributed by atoms with Gasteiger partial charge in [-0.05, 0) is 80.7 Å². The Kier molecular flexibility index (Phi) is 4.42. The molecule has 0 unspecified atom stereocenters. The number of phenols is 1. The maximum atomic E-state index is 10.2. The van der Waals surface area contributed by atoms with Crippen molar-refractivity contribution in [2.24, 2.45) is 0 Å². The van der Waals surface area contributed by atoms with Crippen LogP contribution in [0.1, 0.15) is 51.3 Å². The van der Waals surface area contributed by atoms with Gasteiger partial charge in [-0.2, -0.15) is 0 Å². The molecule has 146 valence electrons. The number of aryl methyl sites for hydroxylation is 2. The molecule has 4 heteroatoms. The first-order chi connectivity index (χ1) is 12.2. The molecule has 1 N–H and O–H groups in total. The molecule has 2 aromatic rings. The molecule has 1 heterocycles. The standard InChI is InChI=1S/C23H32O3Si/c1-14-10-16-17-11-15(2)20(26-27(8,9)22(3,4)5)13-21(17)25-23(6,7)18(16)12-19(14)24/h10-13,24H,1-9H3. The van der Waals surface area contributed by atoms with Crippen LogP contribution >= 0.6 is 0 Å². The van der Waals surface area contributed by atoms with Gasteiger partial charge in [0, 0.05) is 17.2 Å². The van der Waals surface area contributed by atoms with Crippen molar-refractivity contribution in [3.05, 3.63) is 41.0 Å². The Balaban J connectivity index is 2.15. The van der Waals surface area contributed by atoms with Crippen LogP contribution in [0.2, 0.25) is 18.1 Å². The summed E-state index contributed by atoms with van der Waals surface area (Å²) in [6.45, 7) is 19.4. The van der Waals surface area contributed by atoms with Gasteiger partial charge in [-0.15, -0.1) is 0 Å². The van der Waals surface area contributed by atoms with E-state index in [1.54, 1.807) is 0 Å². The zero-order valence-electron chi connectivity index (χ0n) is 18.1. The number of hydrogen-bond acceptors (Lipinski definition) is 3. The molecule has 0 aliphatic carbocycles. The minimum atomic E-state index is -1.93. The quantitative estimate of drug-likeness (QED) is 0.586. The Morgan fingerprint density at radius 1 is 0.963 bits per heavy atom. The van der Waals surface area contributed by atoms with Gasteiger partial charge in [0.05, 0.1) is 0 Å². The van der Waals surface area contributed by atoms with Crippen LogP contribution in [-0.2, 0) is 5.60 Å². The second-order valence-corrected chi connectivity index (χ2v) is 14.5. The molecule has 0 bridgehead atoms. The summed E-state index contributed by atoms with van der Waals surface area (Å²) >= 11 is 0. The van der Waals surface area contributed by atoms with Gasteiger partial charge >= 0.3 is 0 Å². The third-order valence-corrected chi connectivity index (χ3v) is 10.4. The number of hydrogen-bond donors (Lipinski definition) is 1. The number of benzene rings is 2. The summed E-state index contributed by atoms with van der Waals surface area (Å²) in [7, 11) is -1.93. The molecule has 1 aliphatic heterocycles. The van der Waals surface area contributed by atoms with E-state index in [4.69, 9.17) is 9.16 Å². The lowest BCUT2D eigenvalue weighted by Crippen LogP contribution is -2.44. The molecule has 1 aliphatic rings. The van der Waals surface area contributed by atoms with Crippen molar-refractivity contribution in [2.75, 3.05) is 0 Å². The van der Waals surface area contributed by atoms with Crippen LogP contribution in [-0.4, -0.2) is 13.4 Å². The van der Waals surface area contributed by atoms with Gasteiger partial charge in [0.25, 0.3) is 0 Å². The zero-order chi connectivity index (χ0) is 20.4. The van der Waals surface area contributed by atoms with Gasteiger partial charge in [0.2, 0.25) is 8.32 Å². The maximum Gasteiger partial charge on any atom is 0.250 e. The third-order valence-electron chi connectivity index (χ3n) is 6.09. The van der Waals surface area contributed by atoms with Crippen LogP contribution < -0.4 is 9.16 Å². The van der Waals surface area contributed by atoms with Crippen molar-refractivity contribution in [1.29, 1.82) is 0 Å². The number of rotatable bonds is 2. The molecule has 0 fully saturated rings. The average Bonchev–Trinajstić information content (AvgIpc) is 2.50. The van der Waals surface area contributed by atoms with E-state index >= 15 is 0 Å². The fourth-order valence-electron chi connectivity index (χ4n) is 3.25. The van der Waals surface area contributed by atoms with Crippen molar-refractivity contribution in [2.45, 2.75) is 72.2 Å². The molecule has 3 rings (SSSR count). The number of fused-ring (bicyclic) bond motifs is 3. The summed E-state index contributed by atoms with van der Waals surface area (Å²) in [6.07, 6.45) is 0. The van der Waals surface area contributed by atoms with Crippen LogP contribution in [0.5, 0.6) is 17.2 Å². The summed E-state index contributed by atoms with van der Waals surface area (Å²) < 4.78 is 12.9. The van der Waals surface area contributed by atoms with Crippen molar-refractivity contribution >= 4 is 8.32 Å². The van der Waals surface area contributed by atoms with Gasteiger partial charge in [-0.25, -0.2) is 0 Å². The molecule has 0 atom stereocenters. The van der Waals surface area contributed by atoms with E-state index in [-0.39, 0.29) is 5.04 Å². The number of aromatic hydroxyl groups is 1. The van der Waals surface area contributed by atoms with Gasteiger partial charge in [0.1, 0.15) is 22.8 Å². The van der Waals surface area contributed by atoms with Gasteiger partial charge < -0.3 is 14.3 Å². The lowest BCUT2D eigenvalue weighted by atomic mass is 9.84. The van der Waals surface area contributed by atoms with Crippen molar-refractivity contribution in [1.82, 2.24) is 0 Å². The van der Waals surface area contributed by atoms with Crippen LogP contribution in [0.15, 0.2) is 24.3 Å². The lowest BCUT2D eigenvalue weighted by Gasteiger charge is -2.38. The maximum absolute atomic E-state index is 10.2. The minimum absolute atomic E-state index is 0.136. The van der Waals surface area contributed by atoms with Crippen LogP contribution in [0, 0.1) is 13.8 Å². The molecular weight excluding hydrogens is 352 g/mol. The SMILES string of the molecule is Cc1cc2c(cc1O)C(C)(C)Oc1cc(O[Si](C)(C)C(C)(C)C)c(C)cc1-2. The monoisotopic (exact) mass is 384 g/mol. The highest BCUT2D eigenvalue weighted by atomic mass is 28.4. The second-order valence-electron chi connectivity index (χ2n) is 9.77. The average molecular weight is 385 g/mol. The van der Waals surface area contributed by atoms with Gasteiger partial charge in [0.15, 0.2) is 0 Å². The summed E-state index contributed by atoms with van der Waals surface area (Å²) in [5, 5.41) is 10.3. The summed E-state index contributed by atoms with van der Waals surface area (Å²) in [5.74, 6) is 2.07. The molecule has 0 saturated carbocycles. The van der Waals surface area contributed by atoms with Crippen LogP contribution in [0.25, 0.3) is 11.1 Å². The molecule has 0 aromatic heterocycles. The number of phenolic OH excluding ortho intramolecular Hbond substituents is 1. The lowest BCUT2D eigenvalue weighted by molar-refractivity contribution is 0.105. The highest BCUT2D eigenvalue weighted by Crippen LogP contribution is 2.49. The van der Waals surface area contributed by atoms with E-state index in [0.717, 1.165) is 39.3 Å². The molecule has 0 saturated heterocycles. The predicted molar refractivity (Wildman–Crippen MR) is 114 cm³/mol. The second kappa shape index (κ2) is 6.03. The van der Waals surface area contributed by atoms with E-state index in [0.29, 0.717) is 5.75 Å². The first-order valence-corrected chi connectivity index (χ1v) is 12.5. The summed E-state index contributed by atoms with van der Waals surface area (Å²) in [5.41, 5.74) is 4.66. The normalized spacial score (nSPS) is 15.6. The first-order valence-electron chi connectivity index (χ1n) is 9.60. The molecule has 2 aromatic carbocycles. The van der Waals surface area contributed by atoms with E-state index in [9.17, 15) is 5.11 Å². The Morgan fingerprint density at radius 3 is 2.15 bits per heavy atom. The molecule has 0 amide bonds. The fraction of sp³-hybridized carbons (Fsp3) is 0.478. The third kappa shape index (κ3) is 3.36. The molecule has 0 spiro atoms. The minimum Gasteiger partial charge on any atom is -0.543 e. The number of ether oxygens (including phenoxy) is 1. The summed E-state index contributed by atoms with van der Waals surface area (Å²) in [6, 6.07) is 8.10. The zero-order valence-corrected chi connectivity index (χ0v) is 19.1. The van der Waals surface area contributed by atoms with E-state index in [1.165, 1.54) is 0 Å². The highest BCUT2D eigenvalue weighted by molar-refractivity contribution is 6.74. The fourth-order valence-corrected chi connectivity index (χ4v) is 4.33. The van der Waals surface area contributed by atoms with Crippen LogP contribution in [0.4, 0.5) is 0 Å². The van der Waals surface area contributed by atoms with Crippen molar-refractivity contribution in [3.8, 4) is 28.4 Å². The Hall–Kier alpha value is -1.94. The summed E-state index contributed by atoms with van der Waals surface area (Å²) in [4.78, 5) is 0. The van der Waals surface area contributed by atoms with Crippen LogP contribution in [0.3, 0.4) is 0 Å². The smallest absolute Gasteiger partial charge is 0.250 e.